The van der Waals surface area contributed by atoms with Crippen molar-refractivity contribution in [3.63, 3.8) is 0 Å². The second-order valence-corrected chi connectivity index (χ2v) is 9.84. The minimum absolute atomic E-state index is 0.00262. The van der Waals surface area contributed by atoms with Crippen LogP contribution in [0.2, 0.25) is 0 Å². The number of aromatic nitrogens is 4. The highest BCUT2D eigenvalue weighted by molar-refractivity contribution is 7.89. The Labute approximate surface area is 200 Å². The minimum atomic E-state index is -3.74. The maximum absolute atomic E-state index is 13.2. The maximum atomic E-state index is 13.2. The number of nitrogens with zero attached hydrogens (tertiary/aromatic N) is 5. The fraction of sp³-hybridized carbons (Fsp3) is 0.238. The molecule has 0 bridgehead atoms. The van der Waals surface area contributed by atoms with Gasteiger partial charge in [0.05, 0.1) is 10.6 Å². The highest BCUT2D eigenvalue weighted by Crippen LogP contribution is 2.30. The third-order valence-corrected chi connectivity index (χ3v) is 7.20. The minimum Gasteiger partial charge on any atom is -0.324 e. The summed E-state index contributed by atoms with van der Waals surface area (Å²) in [6.45, 7) is 2.60. The number of tetrazole rings is 1. The van der Waals surface area contributed by atoms with E-state index in [1.165, 1.54) is 30.2 Å². The largest absolute Gasteiger partial charge is 0.325 e. The SMILES string of the molecule is CNS(=O)(=O)c1cc(NC(=O)CN2C(=O)N[C@](C)(c3cccc(-n4cnnn4)c3)C2=O)ccc1C. The van der Waals surface area contributed by atoms with Crippen molar-refractivity contribution in [2.24, 2.45) is 0 Å². The van der Waals surface area contributed by atoms with Crippen molar-refractivity contribution in [2.45, 2.75) is 24.3 Å². The zero-order valence-corrected chi connectivity index (χ0v) is 19.8. The number of hydrogen-bond acceptors (Lipinski definition) is 8. The highest BCUT2D eigenvalue weighted by atomic mass is 32.2. The second-order valence-electron chi connectivity index (χ2n) is 7.99. The summed E-state index contributed by atoms with van der Waals surface area (Å²) in [5.41, 5.74) is 0.342. The monoisotopic (exact) mass is 498 g/mol. The lowest BCUT2D eigenvalue weighted by molar-refractivity contribution is -0.133. The molecule has 1 aliphatic rings. The topological polar surface area (TPSA) is 168 Å². The van der Waals surface area contributed by atoms with E-state index in [0.29, 0.717) is 16.8 Å². The predicted octanol–water partition coefficient (Wildman–Crippen LogP) is 0.285. The summed E-state index contributed by atoms with van der Waals surface area (Å²) in [4.78, 5) is 39.3. The molecule has 2 aromatic carbocycles. The zero-order valence-electron chi connectivity index (χ0n) is 19.0. The molecule has 0 saturated carbocycles. The van der Waals surface area contributed by atoms with Crippen molar-refractivity contribution in [3.8, 4) is 5.69 Å². The molecule has 3 aromatic rings. The van der Waals surface area contributed by atoms with Crippen LogP contribution in [0.25, 0.3) is 5.69 Å². The molecule has 182 valence electrons. The number of carbonyl (C=O) groups excluding carboxylic acids is 3. The molecule has 1 atom stereocenters. The van der Waals surface area contributed by atoms with Crippen LogP contribution in [-0.2, 0) is 25.2 Å². The first-order valence-electron chi connectivity index (χ1n) is 10.4. The summed E-state index contributed by atoms with van der Waals surface area (Å²) in [6, 6.07) is 10.4. The number of anilines is 1. The number of hydrogen-bond donors (Lipinski definition) is 3. The molecule has 1 fully saturated rings. The number of nitrogens with one attached hydrogen (secondary N) is 3. The Morgan fingerprint density at radius 1 is 1.17 bits per heavy atom. The number of benzene rings is 2. The normalized spacial score (nSPS) is 18.0. The quantitative estimate of drug-likeness (QED) is 0.390. The molecule has 35 heavy (non-hydrogen) atoms. The number of carbonyl (C=O) groups is 3. The summed E-state index contributed by atoms with van der Waals surface area (Å²) in [5, 5.41) is 16.2. The molecular formula is C21H22N8O5S. The average Bonchev–Trinajstić information content (AvgIpc) is 3.44. The molecule has 14 heteroatoms. The molecule has 13 nitrogen and oxygen atoms in total. The maximum Gasteiger partial charge on any atom is 0.325 e. The van der Waals surface area contributed by atoms with Gasteiger partial charge in [-0.3, -0.25) is 14.5 Å². The number of imide groups is 1. The van der Waals surface area contributed by atoms with Crippen molar-refractivity contribution >= 4 is 33.6 Å². The molecule has 4 rings (SSSR count). The third-order valence-electron chi connectivity index (χ3n) is 5.64. The lowest BCUT2D eigenvalue weighted by atomic mass is 9.91. The van der Waals surface area contributed by atoms with E-state index in [1.54, 1.807) is 44.2 Å². The Morgan fingerprint density at radius 2 is 1.94 bits per heavy atom. The second kappa shape index (κ2) is 8.88. The first kappa shape index (κ1) is 24.0. The summed E-state index contributed by atoms with van der Waals surface area (Å²) in [7, 11) is -2.45. The number of aryl methyl sites for hydroxylation is 1. The van der Waals surface area contributed by atoms with Crippen LogP contribution in [0.4, 0.5) is 10.5 Å². The highest BCUT2D eigenvalue weighted by Gasteiger charge is 2.49. The smallest absolute Gasteiger partial charge is 0.324 e. The van der Waals surface area contributed by atoms with Crippen LogP contribution in [0.3, 0.4) is 0 Å². The van der Waals surface area contributed by atoms with Gasteiger partial charge < -0.3 is 10.6 Å². The molecule has 4 amide bonds. The molecule has 1 aliphatic heterocycles. The van der Waals surface area contributed by atoms with Gasteiger partial charge in [0.2, 0.25) is 15.9 Å². The molecule has 0 spiro atoms. The van der Waals surface area contributed by atoms with E-state index in [4.69, 9.17) is 0 Å². The lowest BCUT2D eigenvalue weighted by Gasteiger charge is -2.22. The summed E-state index contributed by atoms with van der Waals surface area (Å²) in [5.74, 6) is -1.29. The predicted molar refractivity (Wildman–Crippen MR) is 123 cm³/mol. The van der Waals surface area contributed by atoms with E-state index in [9.17, 15) is 22.8 Å². The molecule has 1 aromatic heterocycles. The first-order valence-corrected chi connectivity index (χ1v) is 11.9. The van der Waals surface area contributed by atoms with Gasteiger partial charge in [0.15, 0.2) is 0 Å². The van der Waals surface area contributed by atoms with Crippen LogP contribution >= 0.6 is 0 Å². The molecule has 0 radical (unpaired) electrons. The average molecular weight is 499 g/mol. The van der Waals surface area contributed by atoms with Crippen LogP contribution in [0.5, 0.6) is 0 Å². The summed E-state index contributed by atoms with van der Waals surface area (Å²) >= 11 is 0. The van der Waals surface area contributed by atoms with Gasteiger partial charge in [-0.15, -0.1) is 5.10 Å². The van der Waals surface area contributed by atoms with Crippen molar-refractivity contribution in [1.29, 1.82) is 0 Å². The van der Waals surface area contributed by atoms with Gasteiger partial charge in [-0.05, 0) is 66.7 Å². The first-order chi connectivity index (χ1) is 16.5. The van der Waals surface area contributed by atoms with Crippen LogP contribution < -0.4 is 15.4 Å². The Kier molecular flexibility index (Phi) is 6.08. The molecule has 0 unspecified atom stereocenters. The number of amides is 4. The van der Waals surface area contributed by atoms with Gasteiger partial charge >= 0.3 is 6.03 Å². The van der Waals surface area contributed by atoms with E-state index in [1.807, 2.05) is 0 Å². The van der Waals surface area contributed by atoms with E-state index in [-0.39, 0.29) is 10.6 Å². The van der Waals surface area contributed by atoms with Crippen LogP contribution in [0, 0.1) is 6.92 Å². The van der Waals surface area contributed by atoms with Crippen molar-refractivity contribution < 1.29 is 22.8 Å². The molecule has 0 aliphatic carbocycles. The van der Waals surface area contributed by atoms with E-state index in [0.717, 1.165) is 4.90 Å². The van der Waals surface area contributed by atoms with Crippen molar-refractivity contribution in [2.75, 3.05) is 18.9 Å². The van der Waals surface area contributed by atoms with Gasteiger partial charge in [0.25, 0.3) is 5.91 Å². The number of rotatable bonds is 7. The van der Waals surface area contributed by atoms with Gasteiger partial charge in [-0.1, -0.05) is 18.2 Å². The van der Waals surface area contributed by atoms with Crippen molar-refractivity contribution in [3.05, 3.63) is 59.9 Å². The third kappa shape index (κ3) is 4.48. The molecule has 2 heterocycles. The number of urea groups is 1. The van der Waals surface area contributed by atoms with E-state index in [2.05, 4.69) is 30.9 Å². The summed E-state index contributed by atoms with van der Waals surface area (Å²) in [6.07, 6.45) is 1.39. The molecule has 3 N–H and O–H groups in total. The van der Waals surface area contributed by atoms with Crippen LogP contribution in [0.1, 0.15) is 18.1 Å². The van der Waals surface area contributed by atoms with Crippen LogP contribution in [-0.4, -0.2) is 65.0 Å². The fourth-order valence-corrected chi connectivity index (χ4v) is 4.69. The Morgan fingerprint density at radius 3 is 2.63 bits per heavy atom. The number of sulfonamides is 1. The van der Waals surface area contributed by atoms with E-state index >= 15 is 0 Å². The Bertz CT molecular complexity index is 1420. The summed E-state index contributed by atoms with van der Waals surface area (Å²) < 4.78 is 28.0. The Hall–Kier alpha value is -4.17. The lowest BCUT2D eigenvalue weighted by Crippen LogP contribution is -2.42. The zero-order chi connectivity index (χ0) is 25.4. The van der Waals surface area contributed by atoms with Gasteiger partial charge in [0, 0.05) is 5.69 Å². The molecular weight excluding hydrogens is 476 g/mol. The Balaban J connectivity index is 1.52. The fourth-order valence-electron chi connectivity index (χ4n) is 3.70. The van der Waals surface area contributed by atoms with Gasteiger partial charge in [0.1, 0.15) is 18.4 Å². The van der Waals surface area contributed by atoms with Gasteiger partial charge in [-0.2, -0.15) is 0 Å². The van der Waals surface area contributed by atoms with E-state index < -0.39 is 40.0 Å². The van der Waals surface area contributed by atoms with Gasteiger partial charge in [-0.25, -0.2) is 22.6 Å². The van der Waals surface area contributed by atoms with Crippen molar-refractivity contribution in [1.82, 2.24) is 35.1 Å². The van der Waals surface area contributed by atoms with Crippen LogP contribution in [0.15, 0.2) is 53.7 Å². The standard InChI is InChI=1S/C21H22N8O5S/c1-13-7-8-15(10-17(13)35(33,34)22-3)24-18(30)11-28-19(31)21(2,25-20(28)32)14-5-4-6-16(9-14)29-12-23-26-27-29/h4-10,12,22H,11H2,1-3H3,(H,24,30)(H,25,32)/t21-/m1/s1. The molecule has 1 saturated heterocycles.